The van der Waals surface area contributed by atoms with Crippen LogP contribution in [0.15, 0.2) is 18.2 Å². The van der Waals surface area contributed by atoms with Crippen molar-refractivity contribution in [3.05, 3.63) is 29.0 Å². The summed E-state index contributed by atoms with van der Waals surface area (Å²) in [6.45, 7) is 3.72. The molecule has 1 aromatic carbocycles. The van der Waals surface area contributed by atoms with Crippen molar-refractivity contribution in [2.24, 2.45) is 5.41 Å². The standard InChI is InChI=1S/C13H17Cl2FO3S/c1-3-13(4-2,9-20(15,17)18)8-19-12-10(14)6-5-7-11(12)16/h5-7H,3-4,8-9H2,1-2H3. The van der Waals surface area contributed by atoms with Crippen molar-refractivity contribution in [3.63, 3.8) is 0 Å². The lowest BCUT2D eigenvalue weighted by atomic mass is 9.85. The second-order valence-electron chi connectivity index (χ2n) is 4.73. The molecule has 0 amide bonds. The molecule has 0 spiro atoms. The highest BCUT2D eigenvalue weighted by Gasteiger charge is 2.33. The quantitative estimate of drug-likeness (QED) is 0.696. The van der Waals surface area contributed by atoms with E-state index >= 15 is 0 Å². The summed E-state index contributed by atoms with van der Waals surface area (Å²) in [7, 11) is 1.67. The zero-order valence-corrected chi connectivity index (χ0v) is 13.7. The lowest BCUT2D eigenvalue weighted by Crippen LogP contribution is -2.34. The van der Waals surface area contributed by atoms with Gasteiger partial charge in [0.25, 0.3) is 0 Å². The second-order valence-corrected chi connectivity index (χ2v) is 7.91. The van der Waals surface area contributed by atoms with Gasteiger partial charge >= 0.3 is 0 Å². The van der Waals surface area contributed by atoms with Crippen LogP contribution in [0.5, 0.6) is 5.75 Å². The van der Waals surface area contributed by atoms with Crippen molar-refractivity contribution in [2.45, 2.75) is 26.7 Å². The molecule has 7 heteroatoms. The third-order valence-corrected chi connectivity index (χ3v) is 5.00. The van der Waals surface area contributed by atoms with Crippen LogP contribution in [0.1, 0.15) is 26.7 Å². The van der Waals surface area contributed by atoms with E-state index in [0.29, 0.717) is 12.8 Å². The molecule has 114 valence electrons. The highest BCUT2D eigenvalue weighted by Crippen LogP contribution is 2.33. The molecule has 0 radical (unpaired) electrons. The Bertz CT molecular complexity index is 536. The molecule has 0 saturated carbocycles. The number of hydrogen-bond donors (Lipinski definition) is 0. The Morgan fingerprint density at radius 2 is 1.90 bits per heavy atom. The maximum Gasteiger partial charge on any atom is 0.233 e. The molecule has 0 saturated heterocycles. The van der Waals surface area contributed by atoms with Gasteiger partial charge in [0.1, 0.15) is 0 Å². The Labute approximate surface area is 128 Å². The number of hydrogen-bond acceptors (Lipinski definition) is 3. The van der Waals surface area contributed by atoms with Gasteiger partial charge in [-0.15, -0.1) is 0 Å². The summed E-state index contributed by atoms with van der Waals surface area (Å²) in [4.78, 5) is 0. The van der Waals surface area contributed by atoms with Gasteiger partial charge in [0.05, 0.1) is 17.4 Å². The number of para-hydroxylation sites is 1. The molecule has 0 heterocycles. The first-order valence-electron chi connectivity index (χ1n) is 6.22. The van der Waals surface area contributed by atoms with Crippen molar-refractivity contribution < 1.29 is 17.5 Å². The fourth-order valence-corrected chi connectivity index (χ4v) is 4.05. The van der Waals surface area contributed by atoms with E-state index < -0.39 is 20.3 Å². The zero-order valence-electron chi connectivity index (χ0n) is 11.3. The fourth-order valence-electron chi connectivity index (χ4n) is 1.91. The maximum atomic E-state index is 13.6. The van der Waals surface area contributed by atoms with Gasteiger partial charge in [0, 0.05) is 16.1 Å². The van der Waals surface area contributed by atoms with E-state index in [0.717, 1.165) is 0 Å². The van der Waals surface area contributed by atoms with Crippen molar-refractivity contribution in [3.8, 4) is 5.75 Å². The fraction of sp³-hybridized carbons (Fsp3) is 0.538. The van der Waals surface area contributed by atoms with Crippen molar-refractivity contribution in [1.82, 2.24) is 0 Å². The second kappa shape index (κ2) is 6.96. The summed E-state index contributed by atoms with van der Waals surface area (Å²) in [6, 6.07) is 4.22. The van der Waals surface area contributed by atoms with Crippen LogP contribution < -0.4 is 4.74 Å². The Kier molecular flexibility index (Phi) is 6.10. The van der Waals surface area contributed by atoms with Crippen molar-refractivity contribution in [2.75, 3.05) is 12.4 Å². The molecule has 0 atom stereocenters. The van der Waals surface area contributed by atoms with E-state index in [2.05, 4.69) is 0 Å². The molecule has 0 aromatic heterocycles. The van der Waals surface area contributed by atoms with Crippen LogP contribution in [0.2, 0.25) is 5.02 Å². The Morgan fingerprint density at radius 3 is 2.35 bits per heavy atom. The first-order valence-corrected chi connectivity index (χ1v) is 9.08. The first kappa shape index (κ1) is 17.5. The van der Waals surface area contributed by atoms with Gasteiger partial charge in [-0.05, 0) is 25.0 Å². The first-order chi connectivity index (χ1) is 9.23. The van der Waals surface area contributed by atoms with Gasteiger partial charge in [-0.3, -0.25) is 0 Å². The van der Waals surface area contributed by atoms with Gasteiger partial charge < -0.3 is 4.74 Å². The minimum Gasteiger partial charge on any atom is -0.488 e. The van der Waals surface area contributed by atoms with Crippen LogP contribution in [0.4, 0.5) is 4.39 Å². The largest absolute Gasteiger partial charge is 0.488 e. The van der Waals surface area contributed by atoms with E-state index in [1.54, 1.807) is 0 Å². The summed E-state index contributed by atoms with van der Waals surface area (Å²) in [6.07, 6.45) is 1.09. The Hall–Kier alpha value is -0.520. The van der Waals surface area contributed by atoms with Crippen LogP contribution in [0.25, 0.3) is 0 Å². The highest BCUT2D eigenvalue weighted by molar-refractivity contribution is 8.13. The Morgan fingerprint density at radius 1 is 1.30 bits per heavy atom. The normalized spacial score (nSPS) is 12.4. The van der Waals surface area contributed by atoms with Crippen molar-refractivity contribution >= 4 is 31.3 Å². The van der Waals surface area contributed by atoms with E-state index in [9.17, 15) is 12.8 Å². The minimum atomic E-state index is -3.67. The number of rotatable bonds is 7. The predicted molar refractivity (Wildman–Crippen MR) is 79.6 cm³/mol. The molecule has 0 unspecified atom stereocenters. The number of ether oxygens (including phenoxy) is 1. The smallest absolute Gasteiger partial charge is 0.233 e. The predicted octanol–water partition coefficient (Wildman–Crippen LogP) is 4.23. The monoisotopic (exact) mass is 342 g/mol. The molecule has 0 N–H and O–H groups in total. The number of halogens is 3. The van der Waals surface area contributed by atoms with E-state index in [1.807, 2.05) is 13.8 Å². The summed E-state index contributed by atoms with van der Waals surface area (Å²) in [5, 5.41) is 0.153. The van der Waals surface area contributed by atoms with E-state index in [4.69, 9.17) is 27.0 Å². The lowest BCUT2D eigenvalue weighted by molar-refractivity contribution is 0.150. The SMILES string of the molecule is CCC(CC)(COc1c(F)cccc1Cl)CS(=O)(=O)Cl. The topological polar surface area (TPSA) is 43.4 Å². The molecule has 0 fully saturated rings. The summed E-state index contributed by atoms with van der Waals surface area (Å²) in [5.74, 6) is -0.861. The van der Waals surface area contributed by atoms with Crippen LogP contribution in [-0.4, -0.2) is 20.8 Å². The molecule has 3 nitrogen and oxygen atoms in total. The molecule has 0 aliphatic heterocycles. The van der Waals surface area contributed by atoms with Gasteiger partial charge in [0.15, 0.2) is 11.6 Å². The summed E-state index contributed by atoms with van der Waals surface area (Å²) < 4.78 is 41.7. The highest BCUT2D eigenvalue weighted by atomic mass is 35.7. The summed E-state index contributed by atoms with van der Waals surface area (Å²) >= 11 is 5.87. The van der Waals surface area contributed by atoms with Crippen LogP contribution in [0.3, 0.4) is 0 Å². The van der Waals surface area contributed by atoms with E-state index in [1.165, 1.54) is 18.2 Å². The van der Waals surface area contributed by atoms with Gasteiger partial charge in [-0.2, -0.15) is 0 Å². The maximum absolute atomic E-state index is 13.6. The molecule has 0 aliphatic carbocycles. The molecule has 1 aromatic rings. The van der Waals surface area contributed by atoms with Crippen LogP contribution >= 0.6 is 22.3 Å². The molecule has 1 rings (SSSR count). The average molecular weight is 343 g/mol. The average Bonchev–Trinajstić information content (AvgIpc) is 2.35. The third kappa shape index (κ3) is 4.79. The lowest BCUT2D eigenvalue weighted by Gasteiger charge is -2.30. The van der Waals surface area contributed by atoms with Gasteiger partial charge in [-0.1, -0.05) is 31.5 Å². The molecule has 20 heavy (non-hydrogen) atoms. The third-order valence-electron chi connectivity index (χ3n) is 3.42. The van der Waals surface area contributed by atoms with E-state index in [-0.39, 0.29) is 23.1 Å². The minimum absolute atomic E-state index is 0.0343. The molecular weight excluding hydrogens is 326 g/mol. The summed E-state index contributed by atoms with van der Waals surface area (Å²) in [5.41, 5.74) is -0.661. The van der Waals surface area contributed by atoms with Gasteiger partial charge in [0.2, 0.25) is 9.05 Å². The number of benzene rings is 1. The Balaban J connectivity index is 2.93. The van der Waals surface area contributed by atoms with Crippen molar-refractivity contribution in [1.29, 1.82) is 0 Å². The van der Waals surface area contributed by atoms with Gasteiger partial charge in [-0.25, -0.2) is 12.8 Å². The molecule has 0 aliphatic rings. The molecular formula is C13H17Cl2FO3S. The van der Waals surface area contributed by atoms with Crippen LogP contribution in [-0.2, 0) is 9.05 Å². The zero-order chi connectivity index (χ0) is 15.4. The van der Waals surface area contributed by atoms with Crippen LogP contribution in [0, 0.1) is 11.2 Å². The molecule has 0 bridgehead atoms.